The molecule has 0 unspecified atom stereocenters. The zero-order valence-electron chi connectivity index (χ0n) is 10.7. The molecule has 1 amide bonds. The molecule has 1 aromatic carbocycles. The number of amides is 1. The van der Waals surface area contributed by atoms with Crippen molar-refractivity contribution in [1.82, 2.24) is 9.59 Å². The molecule has 2 rings (SSSR count). The SMILES string of the molecule is Cc1cc(S(N)(=O)=O)cc(C)c1NC(=O)c1csnn1. The molecule has 1 aromatic heterocycles. The van der Waals surface area contributed by atoms with Gasteiger partial charge in [-0.1, -0.05) is 4.49 Å². The fourth-order valence-corrected chi connectivity index (χ4v) is 2.84. The lowest BCUT2D eigenvalue weighted by atomic mass is 10.1. The van der Waals surface area contributed by atoms with Crippen LogP contribution in [-0.4, -0.2) is 23.9 Å². The molecule has 0 atom stereocenters. The van der Waals surface area contributed by atoms with Crippen molar-refractivity contribution in [2.24, 2.45) is 5.14 Å². The maximum atomic E-state index is 11.9. The van der Waals surface area contributed by atoms with Gasteiger partial charge in [0.2, 0.25) is 10.0 Å². The number of benzene rings is 1. The normalized spacial score (nSPS) is 11.3. The Balaban J connectivity index is 2.37. The molecule has 0 radical (unpaired) electrons. The standard InChI is InChI=1S/C11H12N4O3S2/c1-6-3-8(20(12,17)18)4-7(2)10(6)13-11(16)9-5-19-15-14-9/h3-5H,1-2H3,(H,13,16)(H2,12,17,18). The molecule has 106 valence electrons. The van der Waals surface area contributed by atoms with Crippen LogP contribution < -0.4 is 10.5 Å². The van der Waals surface area contributed by atoms with Crippen LogP contribution in [0.5, 0.6) is 0 Å². The number of nitrogens with two attached hydrogens (primary N) is 1. The molecule has 0 fully saturated rings. The van der Waals surface area contributed by atoms with E-state index in [9.17, 15) is 13.2 Å². The molecule has 0 saturated carbocycles. The third-order valence-electron chi connectivity index (χ3n) is 2.67. The number of aryl methyl sites for hydroxylation is 2. The van der Waals surface area contributed by atoms with Gasteiger partial charge in [-0.05, 0) is 48.6 Å². The van der Waals surface area contributed by atoms with Crippen molar-refractivity contribution in [3.8, 4) is 0 Å². The van der Waals surface area contributed by atoms with E-state index in [-0.39, 0.29) is 10.6 Å². The summed E-state index contributed by atoms with van der Waals surface area (Å²) in [5, 5.41) is 13.0. The van der Waals surface area contributed by atoms with Crippen LogP contribution in [0.3, 0.4) is 0 Å². The van der Waals surface area contributed by atoms with Crippen LogP contribution in [0, 0.1) is 13.8 Å². The summed E-state index contributed by atoms with van der Waals surface area (Å²) in [5.74, 6) is -0.395. The first-order chi connectivity index (χ1) is 9.29. The summed E-state index contributed by atoms with van der Waals surface area (Å²) < 4.78 is 26.3. The number of aromatic nitrogens is 2. The summed E-state index contributed by atoms with van der Waals surface area (Å²) in [7, 11) is -3.77. The van der Waals surface area contributed by atoms with E-state index < -0.39 is 15.9 Å². The number of anilines is 1. The molecule has 20 heavy (non-hydrogen) atoms. The highest BCUT2D eigenvalue weighted by Gasteiger charge is 2.16. The number of nitrogens with zero attached hydrogens (tertiary/aromatic N) is 2. The summed E-state index contributed by atoms with van der Waals surface area (Å²) in [6.07, 6.45) is 0. The van der Waals surface area contributed by atoms with Crippen molar-refractivity contribution in [1.29, 1.82) is 0 Å². The molecular formula is C11H12N4O3S2. The third-order valence-corrected chi connectivity index (χ3v) is 4.06. The minimum absolute atomic E-state index is 0.0147. The number of carbonyl (C=O) groups excluding carboxylic acids is 1. The van der Waals surface area contributed by atoms with Gasteiger partial charge < -0.3 is 5.32 Å². The fourth-order valence-electron chi connectivity index (χ4n) is 1.73. The Kier molecular flexibility index (Phi) is 3.84. The van der Waals surface area contributed by atoms with Gasteiger partial charge in [0, 0.05) is 11.1 Å². The second-order valence-electron chi connectivity index (χ2n) is 4.22. The highest BCUT2D eigenvalue weighted by Crippen LogP contribution is 2.24. The minimum Gasteiger partial charge on any atom is -0.320 e. The molecule has 0 aliphatic heterocycles. The van der Waals surface area contributed by atoms with E-state index in [1.807, 2.05) is 0 Å². The first-order valence-electron chi connectivity index (χ1n) is 5.51. The fraction of sp³-hybridized carbons (Fsp3) is 0.182. The molecule has 0 saturated heterocycles. The Bertz CT molecular complexity index is 731. The highest BCUT2D eigenvalue weighted by atomic mass is 32.2. The number of hydrogen-bond donors (Lipinski definition) is 2. The number of carbonyl (C=O) groups is 1. The van der Waals surface area contributed by atoms with E-state index in [1.165, 1.54) is 17.5 Å². The van der Waals surface area contributed by atoms with Crippen molar-refractivity contribution in [3.63, 3.8) is 0 Å². The second-order valence-corrected chi connectivity index (χ2v) is 6.39. The van der Waals surface area contributed by atoms with Crippen molar-refractivity contribution in [2.75, 3.05) is 5.32 Å². The minimum atomic E-state index is -3.77. The summed E-state index contributed by atoms with van der Waals surface area (Å²) in [6, 6.07) is 2.83. The van der Waals surface area contributed by atoms with E-state index >= 15 is 0 Å². The van der Waals surface area contributed by atoms with Crippen LogP contribution >= 0.6 is 11.5 Å². The molecule has 0 bridgehead atoms. The molecule has 7 nitrogen and oxygen atoms in total. The number of sulfonamides is 1. The predicted molar refractivity (Wildman–Crippen MR) is 75.2 cm³/mol. The van der Waals surface area contributed by atoms with Gasteiger partial charge in [-0.15, -0.1) is 5.10 Å². The Hall–Kier alpha value is -1.84. The van der Waals surface area contributed by atoms with Gasteiger partial charge in [0.05, 0.1) is 4.90 Å². The first kappa shape index (κ1) is 14.6. The molecule has 0 aliphatic rings. The molecule has 0 aliphatic carbocycles. The predicted octanol–water partition coefficient (Wildman–Crippen LogP) is 1.05. The largest absolute Gasteiger partial charge is 0.320 e. The van der Waals surface area contributed by atoms with Gasteiger partial charge in [-0.3, -0.25) is 4.79 Å². The van der Waals surface area contributed by atoms with Crippen LogP contribution in [0.25, 0.3) is 0 Å². The maximum absolute atomic E-state index is 11.9. The van der Waals surface area contributed by atoms with Gasteiger partial charge in [-0.25, -0.2) is 13.6 Å². The summed E-state index contributed by atoms with van der Waals surface area (Å²) in [4.78, 5) is 11.9. The summed E-state index contributed by atoms with van der Waals surface area (Å²) in [5.41, 5.74) is 1.95. The average molecular weight is 312 g/mol. The van der Waals surface area contributed by atoms with E-state index in [2.05, 4.69) is 14.9 Å². The molecule has 9 heteroatoms. The van der Waals surface area contributed by atoms with Crippen LogP contribution in [-0.2, 0) is 10.0 Å². The van der Waals surface area contributed by atoms with Crippen molar-refractivity contribution < 1.29 is 13.2 Å². The summed E-state index contributed by atoms with van der Waals surface area (Å²) >= 11 is 1.07. The van der Waals surface area contributed by atoms with Crippen LogP contribution in [0.1, 0.15) is 21.6 Å². The number of nitrogens with one attached hydrogen (secondary N) is 1. The quantitative estimate of drug-likeness (QED) is 0.879. The van der Waals surface area contributed by atoms with Crippen LogP contribution in [0.2, 0.25) is 0 Å². The Labute approximate surface area is 120 Å². The van der Waals surface area contributed by atoms with E-state index in [4.69, 9.17) is 5.14 Å². The molecular weight excluding hydrogens is 300 g/mol. The van der Waals surface area contributed by atoms with Crippen LogP contribution in [0.15, 0.2) is 22.4 Å². The van der Waals surface area contributed by atoms with Crippen molar-refractivity contribution >= 4 is 33.2 Å². The average Bonchev–Trinajstić information content (AvgIpc) is 2.85. The van der Waals surface area contributed by atoms with E-state index in [0.717, 1.165) is 11.5 Å². The molecule has 1 heterocycles. The molecule has 3 N–H and O–H groups in total. The summed E-state index contributed by atoms with van der Waals surface area (Å²) in [6.45, 7) is 3.38. The number of primary sulfonamides is 1. The first-order valence-corrected chi connectivity index (χ1v) is 7.90. The Morgan fingerprint density at radius 3 is 2.35 bits per heavy atom. The smallest absolute Gasteiger partial charge is 0.277 e. The van der Waals surface area contributed by atoms with E-state index in [1.54, 1.807) is 13.8 Å². The molecule has 2 aromatic rings. The van der Waals surface area contributed by atoms with Crippen LogP contribution in [0.4, 0.5) is 5.69 Å². The topological polar surface area (TPSA) is 115 Å². The van der Waals surface area contributed by atoms with Gasteiger partial charge in [0.15, 0.2) is 5.69 Å². The lowest BCUT2D eigenvalue weighted by Gasteiger charge is -2.12. The highest BCUT2D eigenvalue weighted by molar-refractivity contribution is 7.89. The second kappa shape index (κ2) is 5.27. The molecule has 0 spiro atoms. The van der Waals surface area contributed by atoms with Gasteiger partial charge in [0.25, 0.3) is 5.91 Å². The van der Waals surface area contributed by atoms with Gasteiger partial charge in [-0.2, -0.15) is 0 Å². The van der Waals surface area contributed by atoms with Gasteiger partial charge >= 0.3 is 0 Å². The van der Waals surface area contributed by atoms with Crippen molar-refractivity contribution in [3.05, 3.63) is 34.3 Å². The lowest BCUT2D eigenvalue weighted by molar-refractivity contribution is 0.102. The monoisotopic (exact) mass is 312 g/mol. The zero-order chi connectivity index (χ0) is 14.9. The van der Waals surface area contributed by atoms with E-state index in [0.29, 0.717) is 16.8 Å². The van der Waals surface area contributed by atoms with Crippen molar-refractivity contribution in [2.45, 2.75) is 18.7 Å². The third kappa shape index (κ3) is 3.00. The Morgan fingerprint density at radius 1 is 1.30 bits per heavy atom. The number of hydrogen-bond acceptors (Lipinski definition) is 6. The maximum Gasteiger partial charge on any atom is 0.277 e. The lowest BCUT2D eigenvalue weighted by Crippen LogP contribution is -2.16. The Morgan fingerprint density at radius 2 is 1.90 bits per heavy atom. The number of rotatable bonds is 3. The zero-order valence-corrected chi connectivity index (χ0v) is 12.4. The van der Waals surface area contributed by atoms with Gasteiger partial charge in [0.1, 0.15) is 0 Å².